The van der Waals surface area contributed by atoms with Crippen LogP contribution in [-0.4, -0.2) is 23.6 Å². The van der Waals surface area contributed by atoms with Crippen molar-refractivity contribution >= 4 is 17.9 Å². The number of hydrogen-bond donors (Lipinski definition) is 3. The molecular formula is C24H22N2O4. The van der Waals surface area contributed by atoms with Gasteiger partial charge in [0.05, 0.1) is 6.04 Å². The maximum atomic E-state index is 12.4. The fourth-order valence-corrected chi connectivity index (χ4v) is 2.81. The second-order valence-electron chi connectivity index (χ2n) is 6.49. The minimum absolute atomic E-state index is 0.209. The van der Waals surface area contributed by atoms with Crippen LogP contribution >= 0.6 is 0 Å². The molecule has 3 aromatic carbocycles. The van der Waals surface area contributed by atoms with Crippen molar-refractivity contribution in [2.24, 2.45) is 0 Å². The lowest BCUT2D eigenvalue weighted by Gasteiger charge is -2.19. The summed E-state index contributed by atoms with van der Waals surface area (Å²) in [5.74, 6) is -0.285. The lowest BCUT2D eigenvalue weighted by molar-refractivity contribution is -0.117. The molecule has 0 saturated heterocycles. The first-order chi connectivity index (χ1) is 14.7. The smallest absolute Gasteiger partial charge is 0.274 e. The summed E-state index contributed by atoms with van der Waals surface area (Å²) in [4.78, 5) is 23.8. The van der Waals surface area contributed by atoms with E-state index in [-0.39, 0.29) is 18.6 Å². The first-order valence-corrected chi connectivity index (χ1v) is 9.41. The number of rotatable bonds is 8. The summed E-state index contributed by atoms with van der Waals surface area (Å²) < 4.78 is 5.82. The molecule has 6 nitrogen and oxygen atoms in total. The Morgan fingerprint density at radius 1 is 0.900 bits per heavy atom. The molecule has 6 heteroatoms. The average Bonchev–Trinajstić information content (AvgIpc) is 2.81. The molecule has 152 valence electrons. The molecule has 30 heavy (non-hydrogen) atoms. The zero-order valence-electron chi connectivity index (χ0n) is 16.2. The van der Waals surface area contributed by atoms with Crippen LogP contribution in [0.15, 0.2) is 91.0 Å². The van der Waals surface area contributed by atoms with E-state index in [9.17, 15) is 9.59 Å². The normalized spacial score (nSPS) is 11.6. The van der Waals surface area contributed by atoms with Gasteiger partial charge in [0, 0.05) is 11.6 Å². The lowest BCUT2D eigenvalue weighted by atomic mass is 10.1. The Morgan fingerprint density at radius 2 is 1.53 bits per heavy atom. The highest BCUT2D eigenvalue weighted by molar-refractivity contribution is 5.93. The average molecular weight is 402 g/mol. The lowest BCUT2D eigenvalue weighted by Crippen LogP contribution is -2.31. The quantitative estimate of drug-likeness (QED) is 0.304. The molecule has 0 bridgehead atoms. The number of benzene rings is 3. The van der Waals surface area contributed by atoms with Gasteiger partial charge in [-0.3, -0.25) is 14.8 Å². The van der Waals surface area contributed by atoms with Crippen molar-refractivity contribution < 1.29 is 19.5 Å². The van der Waals surface area contributed by atoms with Crippen LogP contribution in [0.1, 0.15) is 27.5 Å². The molecule has 2 amide bonds. The van der Waals surface area contributed by atoms with Crippen LogP contribution in [0.2, 0.25) is 0 Å². The third-order valence-electron chi connectivity index (χ3n) is 4.38. The van der Waals surface area contributed by atoms with Crippen molar-refractivity contribution in [1.82, 2.24) is 10.8 Å². The third kappa shape index (κ3) is 6.05. The summed E-state index contributed by atoms with van der Waals surface area (Å²) in [6, 6.07) is 25.1. The molecule has 0 aliphatic heterocycles. The summed E-state index contributed by atoms with van der Waals surface area (Å²) in [5.41, 5.74) is 3.74. The van der Waals surface area contributed by atoms with Gasteiger partial charge in [-0.2, -0.15) is 0 Å². The van der Waals surface area contributed by atoms with Crippen molar-refractivity contribution in [3.8, 4) is 5.75 Å². The van der Waals surface area contributed by atoms with Crippen molar-refractivity contribution in [3.63, 3.8) is 0 Å². The predicted molar refractivity (Wildman–Crippen MR) is 114 cm³/mol. The Hall–Kier alpha value is -3.90. The van der Waals surface area contributed by atoms with Crippen LogP contribution in [0.3, 0.4) is 0 Å². The molecule has 0 aliphatic carbocycles. The Bertz CT molecular complexity index is 987. The molecule has 0 aromatic heterocycles. The highest BCUT2D eigenvalue weighted by Gasteiger charge is 2.14. The van der Waals surface area contributed by atoms with Crippen molar-refractivity contribution in [2.75, 3.05) is 6.61 Å². The highest BCUT2D eigenvalue weighted by atomic mass is 16.5. The van der Waals surface area contributed by atoms with Gasteiger partial charge in [-0.1, -0.05) is 60.7 Å². The SMILES string of the molecule is O=C(/C=C/c1ccccc1)N[C@@H](COc1ccc(C(=O)NO)cc1)c1ccccc1. The highest BCUT2D eigenvalue weighted by Crippen LogP contribution is 2.17. The number of amides is 2. The van der Waals surface area contributed by atoms with Crippen molar-refractivity contribution in [2.45, 2.75) is 6.04 Å². The largest absolute Gasteiger partial charge is 0.491 e. The fraction of sp³-hybridized carbons (Fsp3) is 0.0833. The molecule has 0 unspecified atom stereocenters. The second kappa shape index (κ2) is 10.6. The van der Waals surface area contributed by atoms with E-state index in [1.165, 1.54) is 6.08 Å². The summed E-state index contributed by atoms with van der Waals surface area (Å²) in [6.07, 6.45) is 3.25. The summed E-state index contributed by atoms with van der Waals surface area (Å²) in [7, 11) is 0. The Balaban J connectivity index is 1.66. The van der Waals surface area contributed by atoms with Gasteiger partial charge in [0.2, 0.25) is 5.91 Å². The summed E-state index contributed by atoms with van der Waals surface area (Å²) >= 11 is 0. The number of ether oxygens (including phenoxy) is 1. The maximum Gasteiger partial charge on any atom is 0.274 e. The standard InChI is InChI=1S/C24H22N2O4/c27-23(16-11-18-7-3-1-4-8-18)25-22(19-9-5-2-6-10-19)17-30-21-14-12-20(13-15-21)24(28)26-29/h1-16,22,29H,17H2,(H,25,27)(H,26,28)/b16-11+/t22-/m0/s1. The zero-order valence-corrected chi connectivity index (χ0v) is 16.2. The van der Waals surface area contributed by atoms with Crippen LogP contribution in [0.4, 0.5) is 0 Å². The third-order valence-corrected chi connectivity index (χ3v) is 4.38. The van der Waals surface area contributed by atoms with Gasteiger partial charge in [-0.15, -0.1) is 0 Å². The van der Waals surface area contributed by atoms with Gasteiger partial charge < -0.3 is 10.1 Å². The Morgan fingerprint density at radius 3 is 2.17 bits per heavy atom. The minimum atomic E-state index is -0.596. The van der Waals surface area contributed by atoms with E-state index in [0.717, 1.165) is 11.1 Å². The van der Waals surface area contributed by atoms with Gasteiger partial charge in [0.1, 0.15) is 12.4 Å². The van der Waals surface area contributed by atoms with Crippen LogP contribution < -0.4 is 15.5 Å². The minimum Gasteiger partial charge on any atom is -0.491 e. The molecule has 3 N–H and O–H groups in total. The van der Waals surface area contributed by atoms with E-state index in [0.29, 0.717) is 11.3 Å². The number of hydrogen-bond acceptors (Lipinski definition) is 4. The van der Waals surface area contributed by atoms with Crippen LogP contribution in [0.25, 0.3) is 6.08 Å². The molecule has 0 saturated carbocycles. The molecule has 0 radical (unpaired) electrons. The Labute approximate surface area is 174 Å². The Kier molecular flexibility index (Phi) is 7.35. The zero-order chi connectivity index (χ0) is 21.2. The van der Waals surface area contributed by atoms with Crippen molar-refractivity contribution in [1.29, 1.82) is 0 Å². The molecule has 3 aromatic rings. The van der Waals surface area contributed by atoms with Gasteiger partial charge in [-0.05, 0) is 41.5 Å². The monoisotopic (exact) mass is 402 g/mol. The van der Waals surface area contributed by atoms with Crippen LogP contribution in [-0.2, 0) is 4.79 Å². The fourth-order valence-electron chi connectivity index (χ4n) is 2.81. The number of carbonyl (C=O) groups is 2. The van der Waals surface area contributed by atoms with E-state index in [1.807, 2.05) is 60.7 Å². The van der Waals surface area contributed by atoms with E-state index < -0.39 is 5.91 Å². The van der Waals surface area contributed by atoms with Crippen LogP contribution in [0.5, 0.6) is 5.75 Å². The second-order valence-corrected chi connectivity index (χ2v) is 6.49. The van der Waals surface area contributed by atoms with E-state index >= 15 is 0 Å². The molecule has 0 fully saturated rings. The molecule has 1 atom stereocenters. The molecule has 0 aliphatic rings. The molecule has 0 spiro atoms. The van der Waals surface area contributed by atoms with E-state index in [2.05, 4.69) is 5.32 Å². The van der Waals surface area contributed by atoms with Crippen LogP contribution in [0, 0.1) is 0 Å². The predicted octanol–water partition coefficient (Wildman–Crippen LogP) is 3.76. The summed E-state index contributed by atoms with van der Waals surface area (Å²) in [5, 5.41) is 11.6. The van der Waals surface area contributed by atoms with E-state index in [1.54, 1.807) is 35.8 Å². The number of nitrogens with one attached hydrogen (secondary N) is 2. The maximum absolute atomic E-state index is 12.4. The van der Waals surface area contributed by atoms with Gasteiger partial charge in [0.15, 0.2) is 0 Å². The van der Waals surface area contributed by atoms with Gasteiger partial charge in [0.25, 0.3) is 5.91 Å². The first-order valence-electron chi connectivity index (χ1n) is 9.41. The topological polar surface area (TPSA) is 87.7 Å². The summed E-state index contributed by atoms with van der Waals surface area (Å²) in [6.45, 7) is 0.209. The first kappa shape index (κ1) is 20.8. The number of carbonyl (C=O) groups excluding carboxylic acids is 2. The van der Waals surface area contributed by atoms with Gasteiger partial charge >= 0.3 is 0 Å². The van der Waals surface area contributed by atoms with Gasteiger partial charge in [-0.25, -0.2) is 5.48 Å². The molecule has 0 heterocycles. The molecule has 3 rings (SSSR count). The van der Waals surface area contributed by atoms with E-state index in [4.69, 9.17) is 9.94 Å². The van der Waals surface area contributed by atoms with Crippen molar-refractivity contribution in [3.05, 3.63) is 108 Å². The molecular weight excluding hydrogens is 380 g/mol. The number of hydroxylamine groups is 1.